The summed E-state index contributed by atoms with van der Waals surface area (Å²) >= 11 is 0. The van der Waals surface area contributed by atoms with Crippen LogP contribution in [-0.2, 0) is 0 Å². The van der Waals surface area contributed by atoms with Crippen molar-refractivity contribution in [1.29, 1.82) is 5.26 Å². The highest BCUT2D eigenvalue weighted by atomic mass is 19.1. The van der Waals surface area contributed by atoms with E-state index in [1.54, 1.807) is 18.2 Å². The molecule has 0 N–H and O–H groups in total. The average molecular weight is 325 g/mol. The van der Waals surface area contributed by atoms with Crippen molar-refractivity contribution in [1.82, 2.24) is 4.90 Å². The van der Waals surface area contributed by atoms with E-state index in [4.69, 9.17) is 10.00 Å². The number of halogens is 1. The lowest BCUT2D eigenvalue weighted by atomic mass is 10.2. The lowest BCUT2D eigenvalue weighted by molar-refractivity contribution is 0.200. The normalized spacial score (nSPS) is 15.1. The second-order valence-electron chi connectivity index (χ2n) is 5.77. The van der Waals surface area contributed by atoms with E-state index >= 15 is 0 Å². The summed E-state index contributed by atoms with van der Waals surface area (Å²) in [5.41, 5.74) is 1.28. The van der Waals surface area contributed by atoms with Crippen molar-refractivity contribution < 1.29 is 9.13 Å². The molecule has 0 unspecified atom stereocenters. The lowest BCUT2D eigenvalue weighted by Gasteiger charge is -2.36. The van der Waals surface area contributed by atoms with Crippen LogP contribution in [0.25, 0.3) is 0 Å². The molecule has 0 bridgehead atoms. The van der Waals surface area contributed by atoms with Gasteiger partial charge in [0.1, 0.15) is 18.2 Å². The van der Waals surface area contributed by atoms with E-state index in [2.05, 4.69) is 15.9 Å². The molecule has 0 spiro atoms. The molecule has 0 aromatic heterocycles. The zero-order chi connectivity index (χ0) is 16.8. The van der Waals surface area contributed by atoms with E-state index in [0.717, 1.165) is 38.5 Å². The van der Waals surface area contributed by atoms with Crippen LogP contribution >= 0.6 is 0 Å². The quantitative estimate of drug-likeness (QED) is 0.847. The summed E-state index contributed by atoms with van der Waals surface area (Å²) in [6.07, 6.45) is 0. The zero-order valence-corrected chi connectivity index (χ0v) is 13.5. The molecule has 5 heteroatoms. The molecule has 0 amide bonds. The van der Waals surface area contributed by atoms with Gasteiger partial charge in [-0.2, -0.15) is 5.26 Å². The smallest absolute Gasteiger partial charge is 0.146 e. The number of ether oxygens (including phenoxy) is 1. The number of para-hydroxylation sites is 1. The summed E-state index contributed by atoms with van der Waals surface area (Å²) in [6, 6.07) is 16.2. The highest BCUT2D eigenvalue weighted by Gasteiger charge is 2.18. The standard InChI is InChI=1S/C19H20FN3O/c20-18-6-1-2-7-19(18)23-10-8-22(9-11-23)12-13-24-17-5-3-4-16(14-17)15-21/h1-7,14H,8-13H2. The van der Waals surface area contributed by atoms with Crippen molar-refractivity contribution >= 4 is 5.69 Å². The Morgan fingerprint density at radius 3 is 2.58 bits per heavy atom. The Labute approximate surface area is 141 Å². The van der Waals surface area contributed by atoms with E-state index in [9.17, 15) is 4.39 Å². The molecule has 3 rings (SSSR count). The minimum Gasteiger partial charge on any atom is -0.492 e. The number of nitrogens with zero attached hydrogens (tertiary/aromatic N) is 3. The SMILES string of the molecule is N#Cc1cccc(OCCN2CCN(c3ccccc3F)CC2)c1. The topological polar surface area (TPSA) is 39.5 Å². The maximum absolute atomic E-state index is 13.8. The molecule has 1 aliphatic heterocycles. The number of hydrogen-bond donors (Lipinski definition) is 0. The Morgan fingerprint density at radius 2 is 1.83 bits per heavy atom. The predicted molar refractivity (Wildman–Crippen MR) is 91.7 cm³/mol. The van der Waals surface area contributed by atoms with E-state index in [1.807, 2.05) is 24.3 Å². The molecule has 0 saturated carbocycles. The minimum atomic E-state index is -0.161. The van der Waals surface area contributed by atoms with Crippen LogP contribution < -0.4 is 9.64 Å². The first-order valence-electron chi connectivity index (χ1n) is 8.11. The van der Waals surface area contributed by atoms with Crippen LogP contribution in [0.3, 0.4) is 0 Å². The van der Waals surface area contributed by atoms with Gasteiger partial charge in [0.2, 0.25) is 0 Å². The summed E-state index contributed by atoms with van der Waals surface area (Å²) in [4.78, 5) is 4.40. The van der Waals surface area contributed by atoms with E-state index in [0.29, 0.717) is 17.9 Å². The maximum atomic E-state index is 13.8. The predicted octanol–water partition coefficient (Wildman–Crippen LogP) is 2.90. The highest BCUT2D eigenvalue weighted by Crippen LogP contribution is 2.20. The van der Waals surface area contributed by atoms with E-state index in [-0.39, 0.29) is 5.82 Å². The Hall–Kier alpha value is -2.58. The summed E-state index contributed by atoms with van der Waals surface area (Å²) < 4.78 is 19.5. The van der Waals surface area contributed by atoms with Gasteiger partial charge in [-0.25, -0.2) is 4.39 Å². The molecule has 0 atom stereocenters. The van der Waals surface area contributed by atoms with Gasteiger partial charge in [0, 0.05) is 32.7 Å². The van der Waals surface area contributed by atoms with Crippen LogP contribution in [0.15, 0.2) is 48.5 Å². The Bertz CT molecular complexity index is 721. The first-order valence-corrected chi connectivity index (χ1v) is 8.11. The van der Waals surface area contributed by atoms with Crippen molar-refractivity contribution in [2.24, 2.45) is 0 Å². The number of piperazine rings is 1. The molecule has 124 valence electrons. The lowest BCUT2D eigenvalue weighted by Crippen LogP contribution is -2.47. The van der Waals surface area contributed by atoms with Gasteiger partial charge < -0.3 is 9.64 Å². The van der Waals surface area contributed by atoms with Gasteiger partial charge in [-0.3, -0.25) is 4.90 Å². The average Bonchev–Trinajstić information content (AvgIpc) is 2.63. The number of benzene rings is 2. The van der Waals surface area contributed by atoms with Crippen molar-refractivity contribution in [2.75, 3.05) is 44.2 Å². The minimum absolute atomic E-state index is 0.161. The third kappa shape index (κ3) is 4.03. The molecule has 1 heterocycles. The Balaban J connectivity index is 1.44. The summed E-state index contributed by atoms with van der Waals surface area (Å²) in [7, 11) is 0. The van der Waals surface area contributed by atoms with Gasteiger partial charge in [-0.1, -0.05) is 18.2 Å². The molecule has 1 saturated heterocycles. The fourth-order valence-corrected chi connectivity index (χ4v) is 2.87. The number of rotatable bonds is 5. The largest absolute Gasteiger partial charge is 0.492 e. The summed E-state index contributed by atoms with van der Waals surface area (Å²) in [5.74, 6) is 0.561. The van der Waals surface area contributed by atoms with Crippen LogP contribution in [0.1, 0.15) is 5.56 Å². The van der Waals surface area contributed by atoms with Crippen LogP contribution in [0.5, 0.6) is 5.75 Å². The summed E-state index contributed by atoms with van der Waals surface area (Å²) in [5, 5.41) is 8.88. The van der Waals surface area contributed by atoms with Crippen molar-refractivity contribution in [3.63, 3.8) is 0 Å². The van der Waals surface area contributed by atoms with E-state index < -0.39 is 0 Å². The van der Waals surface area contributed by atoms with Crippen LogP contribution in [0.2, 0.25) is 0 Å². The van der Waals surface area contributed by atoms with Crippen LogP contribution in [-0.4, -0.2) is 44.2 Å². The molecular formula is C19H20FN3O. The van der Waals surface area contributed by atoms with E-state index in [1.165, 1.54) is 6.07 Å². The zero-order valence-electron chi connectivity index (χ0n) is 13.5. The summed E-state index contributed by atoms with van der Waals surface area (Å²) in [6.45, 7) is 4.79. The molecule has 2 aromatic rings. The van der Waals surface area contributed by atoms with Crippen molar-refractivity contribution in [3.05, 3.63) is 59.9 Å². The van der Waals surface area contributed by atoms with Gasteiger partial charge in [0.05, 0.1) is 17.3 Å². The molecule has 0 aliphatic carbocycles. The molecule has 0 radical (unpaired) electrons. The van der Waals surface area contributed by atoms with Gasteiger partial charge >= 0.3 is 0 Å². The molecule has 2 aromatic carbocycles. The third-order valence-corrected chi connectivity index (χ3v) is 4.20. The monoisotopic (exact) mass is 325 g/mol. The molecule has 1 aliphatic rings. The van der Waals surface area contributed by atoms with Gasteiger partial charge in [0.15, 0.2) is 0 Å². The fraction of sp³-hybridized carbons (Fsp3) is 0.316. The second kappa shape index (κ2) is 7.80. The van der Waals surface area contributed by atoms with Crippen LogP contribution in [0, 0.1) is 17.1 Å². The van der Waals surface area contributed by atoms with Gasteiger partial charge in [0.25, 0.3) is 0 Å². The maximum Gasteiger partial charge on any atom is 0.146 e. The van der Waals surface area contributed by atoms with Crippen LogP contribution in [0.4, 0.5) is 10.1 Å². The molecule has 1 fully saturated rings. The number of nitriles is 1. The molecule has 4 nitrogen and oxygen atoms in total. The molecular weight excluding hydrogens is 305 g/mol. The first kappa shape index (κ1) is 16.3. The highest BCUT2D eigenvalue weighted by molar-refractivity contribution is 5.48. The third-order valence-electron chi connectivity index (χ3n) is 4.20. The Kier molecular flexibility index (Phi) is 5.29. The van der Waals surface area contributed by atoms with Crippen molar-refractivity contribution in [2.45, 2.75) is 0 Å². The fourth-order valence-electron chi connectivity index (χ4n) is 2.87. The Morgan fingerprint density at radius 1 is 1.04 bits per heavy atom. The second-order valence-corrected chi connectivity index (χ2v) is 5.77. The number of anilines is 1. The first-order chi connectivity index (χ1) is 11.8. The number of hydrogen-bond acceptors (Lipinski definition) is 4. The van der Waals surface area contributed by atoms with Crippen molar-refractivity contribution in [3.8, 4) is 11.8 Å². The van der Waals surface area contributed by atoms with Gasteiger partial charge in [-0.15, -0.1) is 0 Å². The molecule has 24 heavy (non-hydrogen) atoms. The van der Waals surface area contributed by atoms with Gasteiger partial charge in [-0.05, 0) is 30.3 Å².